The molecule has 1 aliphatic heterocycles. The lowest BCUT2D eigenvalue weighted by Gasteiger charge is -2.29. The summed E-state index contributed by atoms with van der Waals surface area (Å²) >= 11 is 5.01. The lowest BCUT2D eigenvalue weighted by molar-refractivity contribution is 0.220. The van der Waals surface area contributed by atoms with Crippen molar-refractivity contribution in [3.63, 3.8) is 0 Å². The third kappa shape index (κ3) is 3.41. The van der Waals surface area contributed by atoms with E-state index in [0.717, 1.165) is 28.1 Å². The summed E-state index contributed by atoms with van der Waals surface area (Å²) in [5, 5.41) is 9.31. The summed E-state index contributed by atoms with van der Waals surface area (Å²) < 4.78 is 0.879. The molecule has 0 amide bonds. The van der Waals surface area contributed by atoms with Gasteiger partial charge in [0.15, 0.2) is 3.92 Å². The van der Waals surface area contributed by atoms with E-state index >= 15 is 0 Å². The Kier molecular flexibility index (Phi) is 4.08. The molecule has 1 fully saturated rings. The minimum absolute atomic E-state index is 0.428. The summed E-state index contributed by atoms with van der Waals surface area (Å²) in [6.45, 7) is 9.30. The van der Waals surface area contributed by atoms with E-state index in [1.54, 1.807) is 11.3 Å². The van der Waals surface area contributed by atoms with E-state index in [0.29, 0.717) is 5.41 Å². The van der Waals surface area contributed by atoms with Crippen LogP contribution in [0.15, 0.2) is 3.92 Å². The average Bonchev–Trinajstić information content (AvgIpc) is 2.53. The lowest BCUT2D eigenvalue weighted by Crippen LogP contribution is -2.25. The quantitative estimate of drug-likeness (QED) is 0.785. The number of halogens is 1. The topological polar surface area (TPSA) is 29.0 Å². The Hall–Kier alpha value is -0.160. The van der Waals surface area contributed by atoms with Crippen LogP contribution in [0, 0.1) is 11.3 Å². The van der Waals surface area contributed by atoms with Gasteiger partial charge in [-0.1, -0.05) is 32.1 Å². The zero-order chi connectivity index (χ0) is 12.5. The molecule has 96 valence electrons. The fraction of sp³-hybridized carbons (Fsp3) is 0.833. The van der Waals surface area contributed by atoms with E-state index in [-0.39, 0.29) is 0 Å². The van der Waals surface area contributed by atoms with Crippen molar-refractivity contribution in [2.24, 2.45) is 11.3 Å². The molecule has 0 radical (unpaired) electrons. The maximum Gasteiger partial charge on any atom is 0.209 e. The van der Waals surface area contributed by atoms with Crippen molar-refractivity contribution < 1.29 is 0 Å². The Morgan fingerprint density at radius 1 is 1.24 bits per heavy atom. The molecule has 1 aliphatic rings. The minimum Gasteiger partial charge on any atom is -0.347 e. The molecule has 1 unspecified atom stereocenters. The summed E-state index contributed by atoms with van der Waals surface area (Å²) in [4.78, 5) is 2.38. The van der Waals surface area contributed by atoms with Gasteiger partial charge in [0.25, 0.3) is 0 Å². The smallest absolute Gasteiger partial charge is 0.209 e. The van der Waals surface area contributed by atoms with E-state index in [4.69, 9.17) is 0 Å². The SMILES string of the molecule is CC(C)(C)C1CCCN(c2nnc(Br)s2)CC1. The van der Waals surface area contributed by atoms with Crippen LogP contribution >= 0.6 is 27.3 Å². The van der Waals surface area contributed by atoms with Crippen molar-refractivity contribution in [1.82, 2.24) is 10.2 Å². The largest absolute Gasteiger partial charge is 0.347 e. The summed E-state index contributed by atoms with van der Waals surface area (Å²) in [6, 6.07) is 0. The number of anilines is 1. The average molecular weight is 318 g/mol. The molecule has 0 aliphatic carbocycles. The van der Waals surface area contributed by atoms with Crippen LogP contribution in [0.2, 0.25) is 0 Å². The van der Waals surface area contributed by atoms with Crippen molar-refractivity contribution in [2.75, 3.05) is 18.0 Å². The number of hydrogen-bond acceptors (Lipinski definition) is 4. The molecule has 0 aromatic carbocycles. The molecule has 1 aromatic rings. The van der Waals surface area contributed by atoms with Crippen LogP contribution in [0.5, 0.6) is 0 Å². The standard InChI is InChI=1S/C12H20BrN3S/c1-12(2,3)9-5-4-7-16(8-6-9)11-15-14-10(13)17-11/h9H,4-8H2,1-3H3. The van der Waals surface area contributed by atoms with Crippen molar-refractivity contribution in [1.29, 1.82) is 0 Å². The predicted molar refractivity (Wildman–Crippen MR) is 76.6 cm³/mol. The van der Waals surface area contributed by atoms with Crippen LogP contribution < -0.4 is 4.90 Å². The maximum absolute atomic E-state index is 4.22. The van der Waals surface area contributed by atoms with E-state index < -0.39 is 0 Å². The van der Waals surface area contributed by atoms with Gasteiger partial charge in [0, 0.05) is 13.1 Å². The molecule has 17 heavy (non-hydrogen) atoms. The lowest BCUT2D eigenvalue weighted by atomic mass is 9.77. The van der Waals surface area contributed by atoms with Crippen molar-refractivity contribution in [2.45, 2.75) is 40.0 Å². The zero-order valence-corrected chi connectivity index (χ0v) is 13.1. The monoisotopic (exact) mass is 317 g/mol. The predicted octanol–water partition coefficient (Wildman–Crippen LogP) is 3.95. The van der Waals surface area contributed by atoms with Crippen LogP contribution in [0.3, 0.4) is 0 Å². The van der Waals surface area contributed by atoms with Gasteiger partial charge >= 0.3 is 0 Å². The van der Waals surface area contributed by atoms with Gasteiger partial charge in [0.2, 0.25) is 5.13 Å². The van der Waals surface area contributed by atoms with Crippen LogP contribution in [0.1, 0.15) is 40.0 Å². The molecular weight excluding hydrogens is 298 g/mol. The van der Waals surface area contributed by atoms with Gasteiger partial charge < -0.3 is 4.90 Å². The third-order valence-corrected chi connectivity index (χ3v) is 5.03. The number of hydrogen-bond donors (Lipinski definition) is 0. The van der Waals surface area contributed by atoms with Crippen LogP contribution in [0.25, 0.3) is 0 Å². The molecule has 1 atom stereocenters. The molecule has 0 N–H and O–H groups in total. The highest BCUT2D eigenvalue weighted by molar-refractivity contribution is 9.11. The van der Waals surface area contributed by atoms with Crippen LogP contribution in [-0.4, -0.2) is 23.3 Å². The molecule has 5 heteroatoms. The summed E-state index contributed by atoms with van der Waals surface area (Å²) in [7, 11) is 0. The number of aromatic nitrogens is 2. The molecule has 1 aromatic heterocycles. The highest BCUT2D eigenvalue weighted by Crippen LogP contribution is 2.35. The number of rotatable bonds is 1. The number of nitrogens with zero attached hydrogens (tertiary/aromatic N) is 3. The fourth-order valence-corrected chi connectivity index (χ4v) is 3.62. The highest BCUT2D eigenvalue weighted by Gasteiger charge is 2.27. The van der Waals surface area contributed by atoms with E-state index in [9.17, 15) is 0 Å². The van der Waals surface area contributed by atoms with Gasteiger partial charge in [-0.2, -0.15) is 0 Å². The van der Waals surface area contributed by atoms with Crippen LogP contribution in [-0.2, 0) is 0 Å². The third-order valence-electron chi connectivity index (χ3n) is 3.61. The maximum atomic E-state index is 4.22. The van der Waals surface area contributed by atoms with Gasteiger partial charge in [-0.05, 0) is 46.5 Å². The Balaban J connectivity index is 2.01. The van der Waals surface area contributed by atoms with E-state index in [2.05, 4.69) is 51.8 Å². The van der Waals surface area contributed by atoms with Gasteiger partial charge in [-0.15, -0.1) is 10.2 Å². The van der Waals surface area contributed by atoms with Crippen molar-refractivity contribution in [3.05, 3.63) is 3.92 Å². The first-order chi connectivity index (χ1) is 7.97. The molecule has 2 heterocycles. The molecule has 3 nitrogen and oxygen atoms in total. The Bertz CT molecular complexity index is 372. The van der Waals surface area contributed by atoms with Gasteiger partial charge in [0.05, 0.1) is 0 Å². The Morgan fingerprint density at radius 3 is 2.59 bits per heavy atom. The Labute approximate surface area is 116 Å². The highest BCUT2D eigenvalue weighted by atomic mass is 79.9. The molecule has 1 saturated heterocycles. The second-order valence-electron chi connectivity index (χ2n) is 5.82. The summed E-state index contributed by atoms with van der Waals surface area (Å²) in [5.74, 6) is 0.823. The first-order valence-electron chi connectivity index (χ1n) is 6.21. The first-order valence-corrected chi connectivity index (χ1v) is 7.82. The Morgan fingerprint density at radius 2 is 2.00 bits per heavy atom. The van der Waals surface area contributed by atoms with Gasteiger partial charge in [-0.3, -0.25) is 0 Å². The molecule has 2 rings (SSSR count). The first kappa shape index (κ1) is 13.3. The second-order valence-corrected chi connectivity index (χ2v) is 8.05. The second kappa shape index (κ2) is 5.22. The van der Waals surface area contributed by atoms with Crippen LogP contribution in [0.4, 0.5) is 5.13 Å². The molecule has 0 spiro atoms. The van der Waals surface area contributed by atoms with E-state index in [1.165, 1.54) is 19.3 Å². The normalized spacial score (nSPS) is 22.6. The van der Waals surface area contributed by atoms with Crippen molar-refractivity contribution >= 4 is 32.4 Å². The molecule has 0 bridgehead atoms. The van der Waals surface area contributed by atoms with E-state index in [1.807, 2.05) is 0 Å². The summed E-state index contributed by atoms with van der Waals surface area (Å²) in [5.41, 5.74) is 0.428. The molecule has 0 saturated carbocycles. The minimum atomic E-state index is 0.428. The zero-order valence-electron chi connectivity index (χ0n) is 10.7. The van der Waals surface area contributed by atoms with Gasteiger partial charge in [0.1, 0.15) is 0 Å². The summed E-state index contributed by atoms with van der Waals surface area (Å²) in [6.07, 6.45) is 3.86. The van der Waals surface area contributed by atoms with Gasteiger partial charge in [-0.25, -0.2) is 0 Å². The molecular formula is C12H20BrN3S. The van der Waals surface area contributed by atoms with Crippen molar-refractivity contribution in [3.8, 4) is 0 Å². The fourth-order valence-electron chi connectivity index (χ4n) is 2.48.